The summed E-state index contributed by atoms with van der Waals surface area (Å²) in [5.74, 6) is 1.67. The molecule has 1 fully saturated rings. The van der Waals surface area contributed by atoms with Crippen LogP contribution in [0.5, 0.6) is 5.75 Å². The Labute approximate surface area is 127 Å². The zero-order chi connectivity index (χ0) is 15.2. The molecule has 0 aliphatic carbocycles. The summed E-state index contributed by atoms with van der Waals surface area (Å²) in [4.78, 5) is 2.51. The molecule has 1 aromatic rings. The highest BCUT2D eigenvalue weighted by molar-refractivity contribution is 5.97. The van der Waals surface area contributed by atoms with Gasteiger partial charge in [0.2, 0.25) is 0 Å². The zero-order valence-electron chi connectivity index (χ0n) is 13.2. The van der Waals surface area contributed by atoms with Crippen LogP contribution in [0.2, 0.25) is 0 Å². The summed E-state index contributed by atoms with van der Waals surface area (Å²) < 4.78 is 5.35. The first-order chi connectivity index (χ1) is 10.1. The highest BCUT2D eigenvalue weighted by Gasteiger charge is 2.18. The molecule has 0 radical (unpaired) electrons. The van der Waals surface area contributed by atoms with Crippen molar-refractivity contribution in [2.24, 2.45) is 11.7 Å². The summed E-state index contributed by atoms with van der Waals surface area (Å²) in [6.07, 6.45) is 5.30. The van der Waals surface area contributed by atoms with Crippen LogP contribution in [0.4, 0.5) is 0 Å². The first-order valence-electron chi connectivity index (χ1n) is 7.87. The molecule has 4 heteroatoms. The molecule has 1 aliphatic rings. The van der Waals surface area contributed by atoms with E-state index in [9.17, 15) is 0 Å². The number of likely N-dealkylation sites (tertiary alicyclic amines) is 1. The van der Waals surface area contributed by atoms with E-state index in [4.69, 9.17) is 15.9 Å². The summed E-state index contributed by atoms with van der Waals surface area (Å²) in [5.41, 5.74) is 7.46. The molecule has 1 aromatic carbocycles. The van der Waals surface area contributed by atoms with Gasteiger partial charge in [-0.25, -0.2) is 0 Å². The molecule has 0 spiro atoms. The average molecular weight is 289 g/mol. The number of methoxy groups -OCH3 is 1. The van der Waals surface area contributed by atoms with Gasteiger partial charge >= 0.3 is 0 Å². The fourth-order valence-corrected chi connectivity index (χ4v) is 3.16. The molecule has 0 unspecified atom stereocenters. The number of nitrogen functional groups attached to an aromatic ring is 1. The van der Waals surface area contributed by atoms with Crippen molar-refractivity contribution in [3.8, 4) is 5.75 Å². The normalized spacial score (nSPS) is 16.9. The third-order valence-corrected chi connectivity index (χ3v) is 4.37. The van der Waals surface area contributed by atoms with Gasteiger partial charge in [0.1, 0.15) is 11.6 Å². The molecule has 0 amide bonds. The van der Waals surface area contributed by atoms with E-state index in [1.807, 2.05) is 12.1 Å². The molecule has 0 atom stereocenters. The van der Waals surface area contributed by atoms with Crippen LogP contribution in [0.1, 0.15) is 43.7 Å². The second-order valence-corrected chi connectivity index (χ2v) is 5.96. The quantitative estimate of drug-likeness (QED) is 0.625. The summed E-state index contributed by atoms with van der Waals surface area (Å²) in [5, 5.41) is 7.55. The van der Waals surface area contributed by atoms with Crippen LogP contribution in [0, 0.1) is 11.3 Å². The van der Waals surface area contributed by atoms with Crippen molar-refractivity contribution in [3.05, 3.63) is 29.3 Å². The number of benzene rings is 1. The Morgan fingerprint density at radius 3 is 2.67 bits per heavy atom. The standard InChI is InChI=1S/C17H27N3O/c1-3-4-13-7-9-20(10-8-13)12-14-5-6-15(17(18)19)16(11-14)21-2/h5-6,11,13H,3-4,7-10,12H2,1-2H3,(H3,18,19). The molecule has 1 aliphatic heterocycles. The minimum absolute atomic E-state index is 0.0544. The lowest BCUT2D eigenvalue weighted by molar-refractivity contribution is 0.171. The molecule has 0 saturated carbocycles. The Morgan fingerprint density at radius 1 is 1.38 bits per heavy atom. The van der Waals surface area contributed by atoms with Crippen LogP contribution >= 0.6 is 0 Å². The maximum Gasteiger partial charge on any atom is 0.130 e. The number of nitrogens with two attached hydrogens (primary N) is 1. The number of amidine groups is 1. The van der Waals surface area contributed by atoms with Gasteiger partial charge in [-0.15, -0.1) is 0 Å². The van der Waals surface area contributed by atoms with Crippen LogP contribution in [0.15, 0.2) is 18.2 Å². The summed E-state index contributed by atoms with van der Waals surface area (Å²) in [6.45, 7) is 5.59. The van der Waals surface area contributed by atoms with Gasteiger partial charge in [0.15, 0.2) is 0 Å². The van der Waals surface area contributed by atoms with E-state index in [-0.39, 0.29) is 5.84 Å². The van der Waals surface area contributed by atoms with Crippen molar-refractivity contribution in [2.75, 3.05) is 20.2 Å². The van der Waals surface area contributed by atoms with Crippen LogP contribution in [-0.4, -0.2) is 30.9 Å². The molecule has 1 saturated heterocycles. The zero-order valence-corrected chi connectivity index (χ0v) is 13.2. The monoisotopic (exact) mass is 289 g/mol. The average Bonchev–Trinajstić information content (AvgIpc) is 2.49. The number of nitrogens with zero attached hydrogens (tertiary/aromatic N) is 1. The number of nitrogens with one attached hydrogen (secondary N) is 1. The Bertz CT molecular complexity index is 479. The predicted octanol–water partition coefficient (Wildman–Crippen LogP) is 2.99. The Balaban J connectivity index is 1.96. The van der Waals surface area contributed by atoms with Crippen LogP contribution in [0.3, 0.4) is 0 Å². The third-order valence-electron chi connectivity index (χ3n) is 4.37. The lowest BCUT2D eigenvalue weighted by Crippen LogP contribution is -2.33. The van der Waals surface area contributed by atoms with Crippen LogP contribution in [0.25, 0.3) is 0 Å². The lowest BCUT2D eigenvalue weighted by Gasteiger charge is -2.32. The smallest absolute Gasteiger partial charge is 0.130 e. The van der Waals surface area contributed by atoms with Crippen molar-refractivity contribution in [1.29, 1.82) is 5.41 Å². The van der Waals surface area contributed by atoms with E-state index < -0.39 is 0 Å². The molecule has 3 N–H and O–H groups in total. The largest absolute Gasteiger partial charge is 0.496 e. The highest BCUT2D eigenvalue weighted by Crippen LogP contribution is 2.25. The second-order valence-electron chi connectivity index (χ2n) is 5.96. The maximum absolute atomic E-state index is 7.55. The molecular weight excluding hydrogens is 262 g/mol. The number of hydrogen-bond acceptors (Lipinski definition) is 3. The van der Waals surface area contributed by atoms with Gasteiger partial charge in [-0.05, 0) is 49.5 Å². The van der Waals surface area contributed by atoms with E-state index >= 15 is 0 Å². The molecule has 21 heavy (non-hydrogen) atoms. The van der Waals surface area contributed by atoms with Gasteiger partial charge in [0.25, 0.3) is 0 Å². The molecule has 116 valence electrons. The summed E-state index contributed by atoms with van der Waals surface area (Å²) in [7, 11) is 1.63. The second kappa shape index (κ2) is 7.46. The fourth-order valence-electron chi connectivity index (χ4n) is 3.16. The molecule has 1 heterocycles. The Morgan fingerprint density at radius 2 is 2.10 bits per heavy atom. The first kappa shape index (κ1) is 15.8. The number of hydrogen-bond donors (Lipinski definition) is 2. The minimum Gasteiger partial charge on any atom is -0.496 e. The van der Waals surface area contributed by atoms with Gasteiger partial charge in [0, 0.05) is 6.54 Å². The predicted molar refractivity (Wildman–Crippen MR) is 86.9 cm³/mol. The number of rotatable bonds is 6. The molecule has 4 nitrogen and oxygen atoms in total. The van der Waals surface area contributed by atoms with E-state index in [2.05, 4.69) is 17.9 Å². The highest BCUT2D eigenvalue weighted by atomic mass is 16.5. The SMILES string of the molecule is CCCC1CCN(Cc2ccc(C(=N)N)c(OC)c2)CC1. The van der Waals surface area contributed by atoms with Gasteiger partial charge < -0.3 is 10.5 Å². The van der Waals surface area contributed by atoms with Gasteiger partial charge in [0.05, 0.1) is 12.7 Å². The van der Waals surface area contributed by atoms with E-state index in [1.165, 1.54) is 44.3 Å². The van der Waals surface area contributed by atoms with Crippen molar-refractivity contribution < 1.29 is 4.74 Å². The minimum atomic E-state index is 0.0544. The maximum atomic E-state index is 7.55. The van der Waals surface area contributed by atoms with Crippen molar-refractivity contribution >= 4 is 5.84 Å². The number of ether oxygens (including phenoxy) is 1. The third kappa shape index (κ3) is 4.21. The Kier molecular flexibility index (Phi) is 5.62. The molecule has 0 aromatic heterocycles. The van der Waals surface area contributed by atoms with E-state index in [0.29, 0.717) is 11.3 Å². The number of piperidine rings is 1. The summed E-state index contributed by atoms with van der Waals surface area (Å²) in [6, 6.07) is 5.95. The van der Waals surface area contributed by atoms with E-state index in [0.717, 1.165) is 12.5 Å². The van der Waals surface area contributed by atoms with E-state index in [1.54, 1.807) is 7.11 Å². The first-order valence-corrected chi connectivity index (χ1v) is 7.87. The van der Waals surface area contributed by atoms with Gasteiger partial charge in [-0.2, -0.15) is 0 Å². The Hall–Kier alpha value is -1.55. The topological polar surface area (TPSA) is 62.3 Å². The summed E-state index contributed by atoms with van der Waals surface area (Å²) >= 11 is 0. The molecule has 2 rings (SSSR count). The van der Waals surface area contributed by atoms with Crippen LogP contribution in [-0.2, 0) is 6.54 Å². The van der Waals surface area contributed by atoms with Crippen molar-refractivity contribution in [1.82, 2.24) is 4.90 Å². The van der Waals surface area contributed by atoms with Crippen LogP contribution < -0.4 is 10.5 Å². The van der Waals surface area contributed by atoms with Crippen molar-refractivity contribution in [3.63, 3.8) is 0 Å². The fraction of sp³-hybridized carbons (Fsp3) is 0.588. The van der Waals surface area contributed by atoms with Crippen molar-refractivity contribution in [2.45, 2.75) is 39.2 Å². The van der Waals surface area contributed by atoms with Gasteiger partial charge in [-0.3, -0.25) is 10.3 Å². The lowest BCUT2D eigenvalue weighted by atomic mass is 9.92. The van der Waals surface area contributed by atoms with Gasteiger partial charge in [-0.1, -0.05) is 25.8 Å². The molecule has 0 bridgehead atoms. The molecular formula is C17H27N3O.